The van der Waals surface area contributed by atoms with Gasteiger partial charge in [0.15, 0.2) is 5.75 Å². The number of amides is 1. The number of hydrogen-bond donors (Lipinski definition) is 1. The number of likely N-dealkylation sites (tertiary alicyclic amines) is 1. The minimum Gasteiger partial charge on any atom is -0.490 e. The second-order valence-corrected chi connectivity index (χ2v) is 4.69. The van der Waals surface area contributed by atoms with Gasteiger partial charge in [-0.2, -0.15) is 0 Å². The number of rotatable bonds is 3. The van der Waals surface area contributed by atoms with E-state index in [1.807, 2.05) is 0 Å². The molecule has 1 fully saturated rings. The standard InChI is InChI=1S/C13H16N2O5/c1-20-12-7-9(4-5-11(12)15(18)19)13(17)14-6-2-3-10(16)8-14/h4-5,7,10,16H,2-3,6,8H2,1H3. The van der Waals surface area contributed by atoms with Gasteiger partial charge in [0.25, 0.3) is 5.91 Å². The number of β-amino-alcohol motifs (C(OH)–C–C–N with tert-alkyl or cyclic N) is 1. The molecule has 0 bridgehead atoms. The largest absolute Gasteiger partial charge is 0.490 e. The first-order valence-corrected chi connectivity index (χ1v) is 6.32. The number of hydrogen-bond acceptors (Lipinski definition) is 5. The number of carbonyl (C=O) groups excluding carboxylic acids is 1. The SMILES string of the molecule is COc1cc(C(=O)N2CCCC(O)C2)ccc1[N+](=O)[O-]. The lowest BCUT2D eigenvalue weighted by molar-refractivity contribution is -0.385. The van der Waals surface area contributed by atoms with Crippen LogP contribution in [0.3, 0.4) is 0 Å². The summed E-state index contributed by atoms with van der Waals surface area (Å²) in [6, 6.07) is 4.03. The third-order valence-corrected chi connectivity index (χ3v) is 3.31. The van der Waals surface area contributed by atoms with Gasteiger partial charge in [0.2, 0.25) is 0 Å². The molecule has 7 nitrogen and oxygen atoms in total. The molecule has 1 atom stereocenters. The molecule has 0 spiro atoms. The van der Waals surface area contributed by atoms with E-state index in [0.717, 1.165) is 6.42 Å². The number of piperidine rings is 1. The Labute approximate surface area is 115 Å². The summed E-state index contributed by atoms with van der Waals surface area (Å²) in [7, 11) is 1.32. The van der Waals surface area contributed by atoms with Crippen molar-refractivity contribution in [1.29, 1.82) is 0 Å². The maximum absolute atomic E-state index is 12.3. The van der Waals surface area contributed by atoms with Gasteiger partial charge < -0.3 is 14.7 Å². The topological polar surface area (TPSA) is 92.9 Å². The second-order valence-electron chi connectivity index (χ2n) is 4.69. The van der Waals surface area contributed by atoms with Crippen LogP contribution in [0, 0.1) is 10.1 Å². The van der Waals surface area contributed by atoms with Crippen LogP contribution < -0.4 is 4.74 Å². The molecule has 1 unspecified atom stereocenters. The first-order chi connectivity index (χ1) is 9.52. The fourth-order valence-electron chi connectivity index (χ4n) is 2.28. The Morgan fingerprint density at radius 2 is 2.30 bits per heavy atom. The molecule has 108 valence electrons. The van der Waals surface area contributed by atoms with Gasteiger partial charge in [-0.05, 0) is 18.9 Å². The van der Waals surface area contributed by atoms with Crippen LogP contribution in [0.2, 0.25) is 0 Å². The summed E-state index contributed by atoms with van der Waals surface area (Å²) in [6.45, 7) is 0.868. The predicted octanol–water partition coefficient (Wildman–Crippen LogP) is 1.20. The average molecular weight is 280 g/mol. The zero-order valence-electron chi connectivity index (χ0n) is 11.1. The Bertz CT molecular complexity index is 531. The lowest BCUT2D eigenvalue weighted by Gasteiger charge is -2.30. The third-order valence-electron chi connectivity index (χ3n) is 3.31. The van der Waals surface area contributed by atoms with Gasteiger partial charge in [0.05, 0.1) is 18.1 Å². The molecule has 7 heteroatoms. The Morgan fingerprint density at radius 3 is 2.90 bits per heavy atom. The lowest BCUT2D eigenvalue weighted by Crippen LogP contribution is -2.42. The minimum atomic E-state index is -0.558. The fraction of sp³-hybridized carbons (Fsp3) is 0.462. The average Bonchev–Trinajstić information content (AvgIpc) is 2.45. The molecule has 2 rings (SSSR count). The van der Waals surface area contributed by atoms with Gasteiger partial charge in [-0.15, -0.1) is 0 Å². The maximum atomic E-state index is 12.3. The smallest absolute Gasteiger partial charge is 0.310 e. The van der Waals surface area contributed by atoms with Crippen LogP contribution in [0.5, 0.6) is 5.75 Å². The normalized spacial score (nSPS) is 18.7. The number of aliphatic hydroxyl groups is 1. The highest BCUT2D eigenvalue weighted by atomic mass is 16.6. The van der Waals surface area contributed by atoms with Crippen molar-refractivity contribution in [1.82, 2.24) is 4.90 Å². The van der Waals surface area contributed by atoms with E-state index in [4.69, 9.17) is 4.74 Å². The molecule has 1 aromatic rings. The van der Waals surface area contributed by atoms with Crippen LogP contribution >= 0.6 is 0 Å². The zero-order chi connectivity index (χ0) is 14.7. The summed E-state index contributed by atoms with van der Waals surface area (Å²) < 4.78 is 4.94. The molecule has 0 aromatic heterocycles. The van der Waals surface area contributed by atoms with Crippen molar-refractivity contribution in [3.05, 3.63) is 33.9 Å². The van der Waals surface area contributed by atoms with E-state index in [9.17, 15) is 20.0 Å². The number of nitro benzene ring substituents is 1. The second kappa shape index (κ2) is 5.87. The number of aliphatic hydroxyl groups excluding tert-OH is 1. The number of methoxy groups -OCH3 is 1. The van der Waals surface area contributed by atoms with E-state index < -0.39 is 11.0 Å². The summed E-state index contributed by atoms with van der Waals surface area (Å²) in [6.07, 6.45) is 0.928. The molecule has 1 N–H and O–H groups in total. The zero-order valence-corrected chi connectivity index (χ0v) is 11.1. The molecule has 1 aromatic carbocycles. The monoisotopic (exact) mass is 280 g/mol. The molecule has 1 amide bonds. The van der Waals surface area contributed by atoms with Crippen molar-refractivity contribution in [2.75, 3.05) is 20.2 Å². The fourth-order valence-corrected chi connectivity index (χ4v) is 2.28. The van der Waals surface area contributed by atoms with Crippen molar-refractivity contribution < 1.29 is 19.6 Å². The molecular weight excluding hydrogens is 264 g/mol. The first-order valence-electron chi connectivity index (χ1n) is 6.32. The molecular formula is C13H16N2O5. The van der Waals surface area contributed by atoms with Crippen LogP contribution in [0.15, 0.2) is 18.2 Å². The molecule has 1 saturated heterocycles. The molecule has 1 aliphatic heterocycles. The van der Waals surface area contributed by atoms with Gasteiger partial charge >= 0.3 is 5.69 Å². The summed E-state index contributed by atoms with van der Waals surface area (Å²) >= 11 is 0. The highest BCUT2D eigenvalue weighted by molar-refractivity contribution is 5.95. The molecule has 20 heavy (non-hydrogen) atoms. The van der Waals surface area contributed by atoms with Crippen molar-refractivity contribution >= 4 is 11.6 Å². The Morgan fingerprint density at radius 1 is 1.55 bits per heavy atom. The van der Waals surface area contributed by atoms with Crippen molar-refractivity contribution in [3.8, 4) is 5.75 Å². The molecule has 1 aliphatic rings. The van der Waals surface area contributed by atoms with Gasteiger partial charge in [-0.25, -0.2) is 0 Å². The number of nitro groups is 1. The highest BCUT2D eigenvalue weighted by Gasteiger charge is 2.25. The van der Waals surface area contributed by atoms with E-state index in [-0.39, 0.29) is 23.9 Å². The van der Waals surface area contributed by atoms with Gasteiger partial charge in [0.1, 0.15) is 0 Å². The highest BCUT2D eigenvalue weighted by Crippen LogP contribution is 2.28. The summed E-state index contributed by atoms with van der Waals surface area (Å²) in [5.41, 5.74) is 0.143. The summed E-state index contributed by atoms with van der Waals surface area (Å²) in [5, 5.41) is 20.4. The van der Waals surface area contributed by atoms with Crippen LogP contribution in [0.25, 0.3) is 0 Å². The minimum absolute atomic E-state index is 0.0541. The lowest BCUT2D eigenvalue weighted by atomic mass is 10.1. The Kier molecular flexibility index (Phi) is 4.19. The van der Waals surface area contributed by atoms with E-state index in [2.05, 4.69) is 0 Å². The predicted molar refractivity (Wildman–Crippen MR) is 70.8 cm³/mol. The van der Waals surface area contributed by atoms with Gasteiger partial charge in [-0.1, -0.05) is 0 Å². The van der Waals surface area contributed by atoms with Gasteiger partial charge in [-0.3, -0.25) is 14.9 Å². The quantitative estimate of drug-likeness (QED) is 0.663. The number of carbonyl (C=O) groups is 1. The van der Waals surface area contributed by atoms with E-state index in [1.54, 1.807) is 4.90 Å². The number of nitrogens with zero attached hydrogens (tertiary/aromatic N) is 2. The van der Waals surface area contributed by atoms with E-state index in [1.165, 1.54) is 25.3 Å². The van der Waals surface area contributed by atoms with Crippen LogP contribution in [0.4, 0.5) is 5.69 Å². The van der Waals surface area contributed by atoms with E-state index >= 15 is 0 Å². The van der Waals surface area contributed by atoms with Crippen molar-refractivity contribution in [2.45, 2.75) is 18.9 Å². The van der Waals surface area contributed by atoms with Crippen molar-refractivity contribution in [2.24, 2.45) is 0 Å². The molecule has 0 saturated carbocycles. The molecule has 1 heterocycles. The van der Waals surface area contributed by atoms with Crippen molar-refractivity contribution in [3.63, 3.8) is 0 Å². The number of ether oxygens (including phenoxy) is 1. The Hall–Kier alpha value is -2.15. The van der Waals surface area contributed by atoms with Crippen LogP contribution in [0.1, 0.15) is 23.2 Å². The molecule has 0 radical (unpaired) electrons. The van der Waals surface area contributed by atoms with Gasteiger partial charge in [0, 0.05) is 30.8 Å². The maximum Gasteiger partial charge on any atom is 0.310 e. The third kappa shape index (κ3) is 2.88. The first kappa shape index (κ1) is 14.3. The van der Waals surface area contributed by atoms with Crippen LogP contribution in [-0.2, 0) is 0 Å². The summed E-state index contributed by atoms with van der Waals surface area (Å²) in [5.74, 6) is -0.199. The Balaban J connectivity index is 2.24. The van der Waals surface area contributed by atoms with E-state index in [0.29, 0.717) is 18.5 Å². The number of benzene rings is 1. The molecule has 0 aliphatic carbocycles. The van der Waals surface area contributed by atoms with Crippen LogP contribution in [-0.4, -0.2) is 47.1 Å². The summed E-state index contributed by atoms with van der Waals surface area (Å²) in [4.78, 5) is 24.1.